The molecule has 0 aliphatic carbocycles. The van der Waals surface area contributed by atoms with Crippen LogP contribution in [0.2, 0.25) is 0 Å². The van der Waals surface area contributed by atoms with Gasteiger partial charge in [-0.1, -0.05) is 0 Å². The summed E-state index contributed by atoms with van der Waals surface area (Å²) in [5, 5.41) is 2.61. The molecule has 0 fully saturated rings. The summed E-state index contributed by atoms with van der Waals surface area (Å²) < 4.78 is 40.8. The van der Waals surface area contributed by atoms with E-state index in [-0.39, 0.29) is 18.2 Å². The van der Waals surface area contributed by atoms with E-state index in [1.807, 2.05) is 0 Å². The summed E-state index contributed by atoms with van der Waals surface area (Å²) in [5.41, 5.74) is 0.336. The lowest BCUT2D eigenvalue weighted by Gasteiger charge is -2.14. The summed E-state index contributed by atoms with van der Waals surface area (Å²) in [6, 6.07) is 5.53. The summed E-state index contributed by atoms with van der Waals surface area (Å²) in [5.74, 6) is -0.310. The van der Waals surface area contributed by atoms with Crippen LogP contribution in [0.25, 0.3) is 0 Å². The first-order valence-electron chi connectivity index (χ1n) is 5.85. The first-order valence-corrected chi connectivity index (χ1v) is 7.19. The Balaban J connectivity index is 2.63. The van der Waals surface area contributed by atoms with Crippen LogP contribution in [0.5, 0.6) is 5.75 Å². The molecule has 0 bridgehead atoms. The van der Waals surface area contributed by atoms with Crippen molar-refractivity contribution in [2.45, 2.75) is 6.29 Å². The number of hydrogen-bond acceptors (Lipinski definition) is 7. The van der Waals surface area contributed by atoms with E-state index < -0.39 is 16.7 Å². The van der Waals surface area contributed by atoms with Gasteiger partial charge >= 0.3 is 10.4 Å². The average Bonchev–Trinajstić information content (AvgIpc) is 2.48. The highest BCUT2D eigenvalue weighted by molar-refractivity contribution is 7.82. The van der Waals surface area contributed by atoms with Crippen molar-refractivity contribution in [1.82, 2.24) is 5.32 Å². The van der Waals surface area contributed by atoms with Gasteiger partial charge in [0.15, 0.2) is 6.29 Å². The van der Waals surface area contributed by atoms with E-state index in [0.717, 1.165) is 7.11 Å². The van der Waals surface area contributed by atoms with Gasteiger partial charge in [-0.05, 0) is 24.3 Å². The molecule has 1 amide bonds. The third-order valence-electron chi connectivity index (χ3n) is 2.47. The number of amides is 1. The van der Waals surface area contributed by atoms with Crippen LogP contribution >= 0.6 is 0 Å². The minimum absolute atomic E-state index is 0.0417. The fourth-order valence-corrected chi connectivity index (χ4v) is 1.77. The van der Waals surface area contributed by atoms with E-state index in [4.69, 9.17) is 9.47 Å². The van der Waals surface area contributed by atoms with Gasteiger partial charge in [0, 0.05) is 19.8 Å². The molecule has 118 valence electrons. The van der Waals surface area contributed by atoms with Crippen molar-refractivity contribution in [1.29, 1.82) is 0 Å². The largest absolute Gasteiger partial charge is 0.448 e. The van der Waals surface area contributed by atoms with Crippen LogP contribution in [-0.2, 0) is 24.1 Å². The first-order chi connectivity index (χ1) is 9.91. The number of methoxy groups -OCH3 is 2. The minimum Gasteiger partial charge on any atom is -0.362 e. The molecule has 0 unspecified atom stereocenters. The lowest BCUT2D eigenvalue weighted by atomic mass is 10.2. The fourth-order valence-electron chi connectivity index (χ4n) is 1.35. The van der Waals surface area contributed by atoms with Gasteiger partial charge in [0.25, 0.3) is 5.91 Å². The summed E-state index contributed by atoms with van der Waals surface area (Å²) in [4.78, 5) is 11.8. The second-order valence-electron chi connectivity index (χ2n) is 3.79. The molecule has 21 heavy (non-hydrogen) atoms. The van der Waals surface area contributed by atoms with Crippen molar-refractivity contribution >= 4 is 16.3 Å². The molecule has 0 aromatic heterocycles. The lowest BCUT2D eigenvalue weighted by Crippen LogP contribution is -2.34. The molecule has 0 heterocycles. The van der Waals surface area contributed by atoms with Crippen molar-refractivity contribution in [3.05, 3.63) is 29.8 Å². The van der Waals surface area contributed by atoms with Gasteiger partial charge < -0.3 is 19.0 Å². The van der Waals surface area contributed by atoms with Crippen molar-refractivity contribution in [2.24, 2.45) is 0 Å². The van der Waals surface area contributed by atoms with Gasteiger partial charge in [0.1, 0.15) is 5.75 Å². The van der Waals surface area contributed by atoms with Gasteiger partial charge in [0.2, 0.25) is 0 Å². The lowest BCUT2D eigenvalue weighted by molar-refractivity contribution is -0.0974. The standard InChI is InChI=1S/C12H17NO7S/c1-17-11(18-2)8-13-12(14)9-4-6-10(7-5-9)20-21(15,16)19-3/h4-7,11H,8H2,1-3H3,(H,13,14). The molecular formula is C12H17NO7S. The Labute approximate surface area is 123 Å². The molecule has 1 aromatic rings. The minimum atomic E-state index is -4.07. The van der Waals surface area contributed by atoms with Crippen LogP contribution in [0.15, 0.2) is 24.3 Å². The van der Waals surface area contributed by atoms with Crippen LogP contribution in [-0.4, -0.2) is 48.5 Å². The third-order valence-corrected chi connectivity index (χ3v) is 3.28. The Hall–Kier alpha value is -1.68. The molecule has 1 aromatic carbocycles. The molecule has 0 spiro atoms. The predicted octanol–water partition coefficient (Wildman–Crippen LogP) is 0.305. The molecular weight excluding hydrogens is 302 g/mol. The van der Waals surface area contributed by atoms with Crippen molar-refractivity contribution in [2.75, 3.05) is 27.9 Å². The van der Waals surface area contributed by atoms with Crippen LogP contribution in [0, 0.1) is 0 Å². The zero-order valence-electron chi connectivity index (χ0n) is 11.9. The van der Waals surface area contributed by atoms with Gasteiger partial charge in [-0.2, -0.15) is 8.42 Å². The van der Waals surface area contributed by atoms with Crippen LogP contribution in [0.4, 0.5) is 0 Å². The van der Waals surface area contributed by atoms with E-state index in [2.05, 4.69) is 13.7 Å². The topological polar surface area (TPSA) is 100 Å². The Morgan fingerprint density at radius 1 is 1.14 bits per heavy atom. The SMILES string of the molecule is COC(CNC(=O)c1ccc(OS(=O)(=O)OC)cc1)OC. The van der Waals surface area contributed by atoms with E-state index in [1.165, 1.54) is 38.5 Å². The summed E-state index contributed by atoms with van der Waals surface area (Å²) in [6.45, 7) is 0.183. The van der Waals surface area contributed by atoms with Crippen molar-refractivity contribution in [3.8, 4) is 5.75 Å². The zero-order chi connectivity index (χ0) is 15.9. The Morgan fingerprint density at radius 2 is 1.71 bits per heavy atom. The van der Waals surface area contributed by atoms with Crippen molar-refractivity contribution in [3.63, 3.8) is 0 Å². The molecule has 0 radical (unpaired) electrons. The maximum absolute atomic E-state index is 11.8. The highest BCUT2D eigenvalue weighted by atomic mass is 32.3. The van der Waals surface area contributed by atoms with Crippen molar-refractivity contribution < 1.29 is 31.1 Å². The number of carbonyl (C=O) groups is 1. The molecule has 9 heteroatoms. The molecule has 1 rings (SSSR count). The summed E-state index contributed by atoms with van der Waals surface area (Å²) >= 11 is 0. The molecule has 8 nitrogen and oxygen atoms in total. The molecule has 0 aliphatic heterocycles. The zero-order valence-corrected chi connectivity index (χ0v) is 12.7. The maximum Gasteiger partial charge on any atom is 0.448 e. The van der Waals surface area contributed by atoms with E-state index in [1.54, 1.807) is 0 Å². The highest BCUT2D eigenvalue weighted by Crippen LogP contribution is 2.14. The van der Waals surface area contributed by atoms with Crippen LogP contribution < -0.4 is 9.50 Å². The Morgan fingerprint density at radius 3 is 2.19 bits per heavy atom. The second-order valence-corrected chi connectivity index (χ2v) is 5.11. The average molecular weight is 319 g/mol. The fraction of sp³-hybridized carbons (Fsp3) is 0.417. The van der Waals surface area contributed by atoms with Gasteiger partial charge in [-0.15, -0.1) is 0 Å². The van der Waals surface area contributed by atoms with Gasteiger partial charge in [-0.25, -0.2) is 4.18 Å². The number of carbonyl (C=O) groups excluding carboxylic acids is 1. The molecule has 0 saturated heterocycles. The number of ether oxygens (including phenoxy) is 2. The van der Waals surface area contributed by atoms with Crippen LogP contribution in [0.3, 0.4) is 0 Å². The normalized spacial score (nSPS) is 11.4. The van der Waals surface area contributed by atoms with E-state index in [0.29, 0.717) is 5.56 Å². The smallest absolute Gasteiger partial charge is 0.362 e. The third kappa shape index (κ3) is 5.68. The van der Waals surface area contributed by atoms with E-state index in [9.17, 15) is 13.2 Å². The quantitative estimate of drug-likeness (QED) is 0.688. The highest BCUT2D eigenvalue weighted by Gasteiger charge is 2.13. The monoisotopic (exact) mass is 319 g/mol. The summed E-state index contributed by atoms with van der Waals surface area (Å²) in [6.07, 6.45) is -0.539. The first kappa shape index (κ1) is 17.4. The van der Waals surface area contributed by atoms with Gasteiger partial charge in [-0.3, -0.25) is 4.79 Å². The maximum atomic E-state index is 11.8. The molecule has 0 atom stereocenters. The Kier molecular flexibility index (Phi) is 6.56. The summed E-state index contributed by atoms with van der Waals surface area (Å²) in [7, 11) is -0.160. The number of hydrogen-bond donors (Lipinski definition) is 1. The molecule has 1 N–H and O–H groups in total. The van der Waals surface area contributed by atoms with Gasteiger partial charge in [0.05, 0.1) is 13.7 Å². The van der Waals surface area contributed by atoms with E-state index >= 15 is 0 Å². The number of benzene rings is 1. The number of nitrogens with one attached hydrogen (secondary N) is 1. The Bertz CT molecular complexity index is 551. The molecule has 0 aliphatic rings. The second kappa shape index (κ2) is 7.93. The number of rotatable bonds is 8. The van der Waals surface area contributed by atoms with Crippen LogP contribution in [0.1, 0.15) is 10.4 Å². The molecule has 0 saturated carbocycles. The predicted molar refractivity (Wildman–Crippen MR) is 73.1 cm³/mol.